The monoisotopic (exact) mass is 441 g/mol. The van der Waals surface area contributed by atoms with E-state index in [0.717, 1.165) is 11.4 Å². The average Bonchev–Trinajstić information content (AvgIpc) is 2.77. The molecule has 2 N–H and O–H groups in total. The SMILES string of the molecule is Cc1ccnc(Nc2ccc(N3CCN(C(=O)Nc4ccc(F)c(Cl)c4)CC3)nn2)c1. The van der Waals surface area contributed by atoms with Crippen LogP contribution in [0, 0.1) is 12.7 Å². The summed E-state index contributed by atoms with van der Waals surface area (Å²) in [6, 6.07) is 11.4. The minimum atomic E-state index is -0.522. The van der Waals surface area contributed by atoms with Gasteiger partial charge in [0.05, 0.1) is 5.02 Å². The van der Waals surface area contributed by atoms with Crippen LogP contribution in [0.1, 0.15) is 5.56 Å². The Labute approximate surface area is 184 Å². The fraction of sp³-hybridized carbons (Fsp3) is 0.238. The second kappa shape index (κ2) is 9.13. The quantitative estimate of drug-likeness (QED) is 0.634. The highest BCUT2D eigenvalue weighted by Crippen LogP contribution is 2.21. The lowest BCUT2D eigenvalue weighted by atomic mass is 10.3. The predicted octanol–water partition coefficient (Wildman–Crippen LogP) is 4.07. The lowest BCUT2D eigenvalue weighted by molar-refractivity contribution is 0.208. The molecule has 0 atom stereocenters. The Morgan fingerprint density at radius 1 is 1.03 bits per heavy atom. The number of hydrogen-bond acceptors (Lipinski definition) is 6. The van der Waals surface area contributed by atoms with Crippen molar-refractivity contribution in [2.45, 2.75) is 6.92 Å². The number of carbonyl (C=O) groups is 1. The lowest BCUT2D eigenvalue weighted by Crippen LogP contribution is -2.50. The number of benzene rings is 1. The fourth-order valence-corrected chi connectivity index (χ4v) is 3.39. The molecular weight excluding hydrogens is 421 g/mol. The van der Waals surface area contributed by atoms with E-state index in [1.807, 2.05) is 31.2 Å². The Morgan fingerprint density at radius 2 is 1.84 bits per heavy atom. The van der Waals surface area contributed by atoms with Gasteiger partial charge in [-0.3, -0.25) is 0 Å². The molecule has 2 amide bonds. The zero-order valence-electron chi connectivity index (χ0n) is 16.8. The first-order valence-electron chi connectivity index (χ1n) is 9.77. The number of hydrogen-bond donors (Lipinski definition) is 2. The predicted molar refractivity (Wildman–Crippen MR) is 119 cm³/mol. The van der Waals surface area contributed by atoms with E-state index in [0.29, 0.717) is 43.5 Å². The van der Waals surface area contributed by atoms with Crippen molar-refractivity contribution < 1.29 is 9.18 Å². The Hall–Kier alpha value is -3.46. The lowest BCUT2D eigenvalue weighted by Gasteiger charge is -2.35. The van der Waals surface area contributed by atoms with Crippen LogP contribution in [0.25, 0.3) is 0 Å². The van der Waals surface area contributed by atoms with Crippen LogP contribution in [0.5, 0.6) is 0 Å². The molecule has 3 heterocycles. The average molecular weight is 442 g/mol. The van der Waals surface area contributed by atoms with Crippen LogP contribution in [-0.4, -0.2) is 52.3 Å². The Kier molecular flexibility index (Phi) is 6.13. The zero-order valence-corrected chi connectivity index (χ0v) is 17.6. The summed E-state index contributed by atoms with van der Waals surface area (Å²) in [6.45, 7) is 4.29. The summed E-state index contributed by atoms with van der Waals surface area (Å²) < 4.78 is 13.3. The van der Waals surface area contributed by atoms with Crippen LogP contribution in [0.2, 0.25) is 5.02 Å². The third-order valence-corrected chi connectivity index (χ3v) is 5.17. The largest absolute Gasteiger partial charge is 0.352 e. The first-order valence-corrected chi connectivity index (χ1v) is 10.1. The van der Waals surface area contributed by atoms with Gasteiger partial charge in [-0.2, -0.15) is 0 Å². The summed E-state index contributed by atoms with van der Waals surface area (Å²) in [5.41, 5.74) is 1.56. The van der Waals surface area contributed by atoms with Crippen molar-refractivity contribution in [2.24, 2.45) is 0 Å². The molecule has 0 spiro atoms. The molecule has 3 aromatic rings. The number of anilines is 4. The molecular formula is C21H21ClFN7O. The highest BCUT2D eigenvalue weighted by molar-refractivity contribution is 6.31. The van der Waals surface area contributed by atoms with Gasteiger partial charge in [-0.1, -0.05) is 11.6 Å². The molecule has 31 heavy (non-hydrogen) atoms. The molecule has 0 aliphatic carbocycles. The molecule has 1 fully saturated rings. The van der Waals surface area contributed by atoms with Crippen LogP contribution in [-0.2, 0) is 0 Å². The van der Waals surface area contributed by atoms with Gasteiger partial charge in [0, 0.05) is 38.1 Å². The van der Waals surface area contributed by atoms with Gasteiger partial charge in [0.1, 0.15) is 11.6 Å². The van der Waals surface area contributed by atoms with Crippen molar-refractivity contribution in [1.29, 1.82) is 0 Å². The van der Waals surface area contributed by atoms with Crippen LogP contribution < -0.4 is 15.5 Å². The molecule has 1 aliphatic rings. The number of amides is 2. The highest BCUT2D eigenvalue weighted by Gasteiger charge is 2.22. The van der Waals surface area contributed by atoms with Gasteiger partial charge in [0.2, 0.25) is 0 Å². The van der Waals surface area contributed by atoms with Gasteiger partial charge >= 0.3 is 6.03 Å². The Morgan fingerprint density at radius 3 is 2.52 bits per heavy atom. The number of rotatable bonds is 4. The first kappa shape index (κ1) is 20.8. The fourth-order valence-electron chi connectivity index (χ4n) is 3.21. The molecule has 4 rings (SSSR count). The highest BCUT2D eigenvalue weighted by atomic mass is 35.5. The number of halogens is 2. The van der Waals surface area contributed by atoms with Crippen molar-refractivity contribution in [3.63, 3.8) is 0 Å². The summed E-state index contributed by atoms with van der Waals surface area (Å²) in [5.74, 6) is 1.54. The van der Waals surface area contributed by atoms with E-state index in [-0.39, 0.29) is 11.1 Å². The number of nitrogens with zero attached hydrogens (tertiary/aromatic N) is 5. The zero-order chi connectivity index (χ0) is 21.8. The van der Waals surface area contributed by atoms with Crippen molar-refractivity contribution >= 4 is 40.8 Å². The second-order valence-electron chi connectivity index (χ2n) is 7.15. The summed E-state index contributed by atoms with van der Waals surface area (Å²) in [5, 5.41) is 14.4. The van der Waals surface area contributed by atoms with E-state index in [1.165, 1.54) is 18.2 Å². The Balaban J connectivity index is 1.31. The summed E-state index contributed by atoms with van der Waals surface area (Å²) in [4.78, 5) is 20.5. The van der Waals surface area contributed by atoms with E-state index in [1.54, 1.807) is 11.1 Å². The number of piperazine rings is 1. The van der Waals surface area contributed by atoms with E-state index in [4.69, 9.17) is 11.6 Å². The molecule has 1 aliphatic heterocycles. The molecule has 0 unspecified atom stereocenters. The smallest absolute Gasteiger partial charge is 0.321 e. The number of aryl methyl sites for hydroxylation is 1. The minimum Gasteiger partial charge on any atom is -0.352 e. The van der Waals surface area contributed by atoms with Crippen LogP contribution >= 0.6 is 11.6 Å². The van der Waals surface area contributed by atoms with E-state index in [2.05, 4.69) is 30.7 Å². The van der Waals surface area contributed by atoms with Gasteiger partial charge in [-0.25, -0.2) is 14.2 Å². The number of carbonyl (C=O) groups excluding carboxylic acids is 1. The second-order valence-corrected chi connectivity index (χ2v) is 7.56. The van der Waals surface area contributed by atoms with E-state index in [9.17, 15) is 9.18 Å². The van der Waals surface area contributed by atoms with Crippen molar-refractivity contribution in [3.05, 3.63) is 65.1 Å². The van der Waals surface area contributed by atoms with Crippen LogP contribution in [0.3, 0.4) is 0 Å². The number of aromatic nitrogens is 3. The maximum Gasteiger partial charge on any atom is 0.321 e. The van der Waals surface area contributed by atoms with Gasteiger partial charge in [0.15, 0.2) is 11.6 Å². The molecule has 0 bridgehead atoms. The molecule has 10 heteroatoms. The number of pyridine rings is 1. The normalized spacial score (nSPS) is 13.8. The third kappa shape index (κ3) is 5.18. The van der Waals surface area contributed by atoms with Gasteiger partial charge < -0.3 is 20.4 Å². The van der Waals surface area contributed by atoms with Crippen LogP contribution in [0.4, 0.5) is 32.3 Å². The van der Waals surface area contributed by atoms with Gasteiger partial charge in [-0.05, 0) is 55.0 Å². The third-order valence-electron chi connectivity index (χ3n) is 4.88. The molecule has 0 radical (unpaired) electrons. The number of nitrogens with one attached hydrogen (secondary N) is 2. The molecule has 0 saturated carbocycles. The van der Waals surface area contributed by atoms with E-state index >= 15 is 0 Å². The first-order chi connectivity index (χ1) is 15.0. The molecule has 160 valence electrons. The Bertz CT molecular complexity index is 1070. The maximum atomic E-state index is 13.3. The maximum absolute atomic E-state index is 13.3. The molecule has 8 nitrogen and oxygen atoms in total. The number of urea groups is 1. The van der Waals surface area contributed by atoms with Crippen LogP contribution in [0.15, 0.2) is 48.7 Å². The topological polar surface area (TPSA) is 86.3 Å². The van der Waals surface area contributed by atoms with E-state index < -0.39 is 5.82 Å². The van der Waals surface area contributed by atoms with Gasteiger partial charge in [-0.15, -0.1) is 10.2 Å². The summed E-state index contributed by atoms with van der Waals surface area (Å²) in [7, 11) is 0. The molecule has 2 aromatic heterocycles. The summed E-state index contributed by atoms with van der Waals surface area (Å²) >= 11 is 5.77. The molecule has 1 aromatic carbocycles. The summed E-state index contributed by atoms with van der Waals surface area (Å²) in [6.07, 6.45) is 1.74. The minimum absolute atomic E-state index is 0.0303. The van der Waals surface area contributed by atoms with Gasteiger partial charge in [0.25, 0.3) is 0 Å². The standard InChI is InChI=1S/C21H21ClFN7O/c1-14-6-7-24-19(12-14)26-18-4-5-20(28-27-18)29-8-10-30(11-9-29)21(31)25-15-2-3-17(23)16(22)13-15/h2-7,12-13H,8-11H2,1H3,(H,25,31)(H,24,26,27). The van der Waals surface area contributed by atoms with Crippen molar-refractivity contribution in [3.8, 4) is 0 Å². The molecule has 1 saturated heterocycles. The van der Waals surface area contributed by atoms with Crippen molar-refractivity contribution in [1.82, 2.24) is 20.1 Å². The van der Waals surface area contributed by atoms with Crippen molar-refractivity contribution in [2.75, 3.05) is 41.7 Å².